The largest absolute Gasteiger partial charge is 0.367 e. The molecule has 0 spiro atoms. The zero-order valence-electron chi connectivity index (χ0n) is 13.3. The van der Waals surface area contributed by atoms with Gasteiger partial charge < -0.3 is 4.74 Å². The number of benzene rings is 3. The van der Waals surface area contributed by atoms with E-state index in [0.717, 1.165) is 16.5 Å². The Morgan fingerprint density at radius 2 is 1.71 bits per heavy atom. The van der Waals surface area contributed by atoms with E-state index >= 15 is 0 Å². The van der Waals surface area contributed by atoms with Gasteiger partial charge in [0.15, 0.2) is 6.10 Å². The van der Waals surface area contributed by atoms with Crippen LogP contribution < -0.4 is 5.43 Å². The maximum absolute atomic E-state index is 12.2. The Morgan fingerprint density at radius 1 is 1.00 bits per heavy atom. The van der Waals surface area contributed by atoms with Gasteiger partial charge in [0.2, 0.25) is 0 Å². The van der Waals surface area contributed by atoms with Gasteiger partial charge in [-0.1, -0.05) is 66.7 Å². The fraction of sp³-hybridized carbons (Fsp3) is 0.100. The lowest BCUT2D eigenvalue weighted by Gasteiger charge is -2.13. The van der Waals surface area contributed by atoms with Gasteiger partial charge in [0.25, 0.3) is 5.91 Å². The van der Waals surface area contributed by atoms with Crippen molar-refractivity contribution in [1.29, 1.82) is 0 Å². The second kappa shape index (κ2) is 7.53. The van der Waals surface area contributed by atoms with Crippen LogP contribution in [0.1, 0.15) is 17.2 Å². The lowest BCUT2D eigenvalue weighted by molar-refractivity contribution is -0.131. The number of carbonyl (C=O) groups is 1. The summed E-state index contributed by atoms with van der Waals surface area (Å²) in [6.07, 6.45) is 0.946. The third-order valence-electron chi connectivity index (χ3n) is 3.74. The maximum atomic E-state index is 12.2. The number of hydrazone groups is 1. The van der Waals surface area contributed by atoms with Gasteiger partial charge in [-0.05, 0) is 28.0 Å². The molecule has 0 aliphatic rings. The van der Waals surface area contributed by atoms with Crippen molar-refractivity contribution in [3.8, 4) is 0 Å². The molecular weight excluding hydrogens is 300 g/mol. The van der Waals surface area contributed by atoms with Gasteiger partial charge >= 0.3 is 0 Å². The molecular formula is C20H18N2O2. The van der Waals surface area contributed by atoms with Crippen LogP contribution in [0, 0.1) is 0 Å². The van der Waals surface area contributed by atoms with Crippen molar-refractivity contribution < 1.29 is 9.53 Å². The number of rotatable bonds is 5. The number of nitrogens with one attached hydrogen (secondary N) is 1. The average Bonchev–Trinajstić information content (AvgIpc) is 2.63. The molecule has 0 aliphatic carbocycles. The van der Waals surface area contributed by atoms with E-state index < -0.39 is 6.10 Å². The SMILES string of the molecule is CO[C@H](C(=O)N/N=C\c1ccc2ccccc2c1)c1ccccc1. The Bertz CT molecular complexity index is 860. The van der Waals surface area contributed by atoms with Crippen molar-refractivity contribution in [3.05, 3.63) is 83.9 Å². The number of hydrogen-bond acceptors (Lipinski definition) is 3. The summed E-state index contributed by atoms with van der Waals surface area (Å²) in [5.41, 5.74) is 4.24. The molecule has 3 rings (SSSR count). The fourth-order valence-corrected chi connectivity index (χ4v) is 2.54. The zero-order chi connectivity index (χ0) is 16.8. The predicted molar refractivity (Wildman–Crippen MR) is 95.9 cm³/mol. The Morgan fingerprint density at radius 3 is 2.46 bits per heavy atom. The molecule has 0 saturated heterocycles. The van der Waals surface area contributed by atoms with Gasteiger partial charge in [-0.2, -0.15) is 5.10 Å². The van der Waals surface area contributed by atoms with E-state index in [2.05, 4.69) is 16.6 Å². The second-order valence-corrected chi connectivity index (χ2v) is 5.37. The molecule has 1 N–H and O–H groups in total. The van der Waals surface area contributed by atoms with Crippen LogP contribution in [0.15, 0.2) is 77.9 Å². The molecule has 0 fully saturated rings. The van der Waals surface area contributed by atoms with Crippen LogP contribution >= 0.6 is 0 Å². The highest BCUT2D eigenvalue weighted by molar-refractivity contribution is 5.91. The van der Waals surface area contributed by atoms with Crippen LogP contribution in [0.4, 0.5) is 0 Å². The molecule has 1 atom stereocenters. The smallest absolute Gasteiger partial charge is 0.273 e. The summed E-state index contributed by atoms with van der Waals surface area (Å²) in [7, 11) is 1.50. The number of ether oxygens (including phenoxy) is 1. The standard InChI is InChI=1S/C20H18N2O2/c1-24-19(17-8-3-2-4-9-17)20(23)22-21-14-15-11-12-16-7-5-6-10-18(16)13-15/h2-14,19H,1H3,(H,22,23)/b21-14-/t19-/m0/s1. The molecule has 0 aromatic heterocycles. The van der Waals surface area contributed by atoms with Gasteiger partial charge in [0.05, 0.1) is 6.21 Å². The number of carbonyl (C=O) groups excluding carboxylic acids is 1. The number of methoxy groups -OCH3 is 1. The molecule has 4 heteroatoms. The first-order valence-electron chi connectivity index (χ1n) is 7.67. The minimum atomic E-state index is -0.681. The molecule has 3 aromatic carbocycles. The van der Waals surface area contributed by atoms with Crippen molar-refractivity contribution in [3.63, 3.8) is 0 Å². The number of fused-ring (bicyclic) bond motifs is 1. The number of nitrogens with zero attached hydrogens (tertiary/aromatic N) is 1. The van der Waals surface area contributed by atoms with E-state index in [0.29, 0.717) is 0 Å². The summed E-state index contributed by atoms with van der Waals surface area (Å²) in [5.74, 6) is -0.305. The number of amides is 1. The monoisotopic (exact) mass is 318 g/mol. The van der Waals surface area contributed by atoms with E-state index in [1.165, 1.54) is 12.5 Å². The van der Waals surface area contributed by atoms with Crippen LogP contribution in [-0.4, -0.2) is 19.2 Å². The molecule has 120 valence electrons. The average molecular weight is 318 g/mol. The second-order valence-electron chi connectivity index (χ2n) is 5.37. The Balaban J connectivity index is 1.69. The van der Waals surface area contributed by atoms with Crippen molar-refractivity contribution in [2.24, 2.45) is 5.10 Å². The highest BCUT2D eigenvalue weighted by atomic mass is 16.5. The summed E-state index contributed by atoms with van der Waals surface area (Å²) in [5, 5.41) is 6.34. The maximum Gasteiger partial charge on any atom is 0.273 e. The Hall–Kier alpha value is -2.98. The zero-order valence-corrected chi connectivity index (χ0v) is 13.3. The molecule has 0 radical (unpaired) electrons. The minimum absolute atomic E-state index is 0.305. The third kappa shape index (κ3) is 3.67. The summed E-state index contributed by atoms with van der Waals surface area (Å²) < 4.78 is 5.27. The molecule has 1 amide bonds. The van der Waals surface area contributed by atoms with Crippen LogP contribution in [0.5, 0.6) is 0 Å². The van der Waals surface area contributed by atoms with Crippen molar-refractivity contribution in [2.75, 3.05) is 7.11 Å². The molecule has 24 heavy (non-hydrogen) atoms. The van der Waals surface area contributed by atoms with Gasteiger partial charge in [0.1, 0.15) is 0 Å². The van der Waals surface area contributed by atoms with Crippen LogP contribution in [0.2, 0.25) is 0 Å². The topological polar surface area (TPSA) is 50.7 Å². The Labute approximate surface area is 140 Å². The van der Waals surface area contributed by atoms with Crippen LogP contribution in [0.3, 0.4) is 0 Å². The van der Waals surface area contributed by atoms with E-state index in [4.69, 9.17) is 4.74 Å². The first-order valence-corrected chi connectivity index (χ1v) is 7.67. The molecule has 0 heterocycles. The predicted octanol–water partition coefficient (Wildman–Crippen LogP) is 3.68. The quantitative estimate of drug-likeness (QED) is 0.576. The molecule has 4 nitrogen and oxygen atoms in total. The van der Waals surface area contributed by atoms with Gasteiger partial charge in [-0.15, -0.1) is 0 Å². The summed E-state index contributed by atoms with van der Waals surface area (Å²) >= 11 is 0. The van der Waals surface area contributed by atoms with E-state index in [1.54, 1.807) is 6.21 Å². The lowest BCUT2D eigenvalue weighted by atomic mass is 10.1. The van der Waals surface area contributed by atoms with Crippen molar-refractivity contribution in [2.45, 2.75) is 6.10 Å². The first-order chi connectivity index (χ1) is 11.8. The van der Waals surface area contributed by atoms with Crippen molar-refractivity contribution >= 4 is 22.9 Å². The molecule has 0 unspecified atom stereocenters. The normalized spacial score (nSPS) is 12.4. The van der Waals surface area contributed by atoms with E-state index in [9.17, 15) is 4.79 Å². The summed E-state index contributed by atoms with van der Waals surface area (Å²) in [6.45, 7) is 0. The third-order valence-corrected chi connectivity index (χ3v) is 3.74. The van der Waals surface area contributed by atoms with Crippen LogP contribution in [-0.2, 0) is 9.53 Å². The van der Waals surface area contributed by atoms with E-state index in [-0.39, 0.29) is 5.91 Å². The summed E-state index contributed by atoms with van der Waals surface area (Å²) in [6, 6.07) is 23.4. The van der Waals surface area contributed by atoms with Gasteiger partial charge in [0, 0.05) is 7.11 Å². The molecule has 0 saturated carbocycles. The fourth-order valence-electron chi connectivity index (χ4n) is 2.54. The molecule has 3 aromatic rings. The molecule has 0 aliphatic heterocycles. The highest BCUT2D eigenvalue weighted by Gasteiger charge is 2.18. The first kappa shape index (κ1) is 15.9. The lowest BCUT2D eigenvalue weighted by Crippen LogP contribution is -2.26. The molecule has 0 bridgehead atoms. The highest BCUT2D eigenvalue weighted by Crippen LogP contribution is 2.16. The summed E-state index contributed by atoms with van der Waals surface area (Å²) in [4.78, 5) is 12.2. The van der Waals surface area contributed by atoms with Crippen LogP contribution in [0.25, 0.3) is 10.8 Å². The van der Waals surface area contributed by atoms with Gasteiger partial charge in [-0.25, -0.2) is 5.43 Å². The van der Waals surface area contributed by atoms with Gasteiger partial charge in [-0.3, -0.25) is 4.79 Å². The van der Waals surface area contributed by atoms with Crippen molar-refractivity contribution in [1.82, 2.24) is 5.43 Å². The number of hydrogen-bond donors (Lipinski definition) is 1. The Kier molecular flexibility index (Phi) is 4.99. The minimum Gasteiger partial charge on any atom is -0.367 e. The van der Waals surface area contributed by atoms with E-state index in [1.807, 2.05) is 66.7 Å².